The van der Waals surface area contributed by atoms with Crippen LogP contribution >= 0.6 is 15.9 Å². The predicted molar refractivity (Wildman–Crippen MR) is 70.3 cm³/mol. The summed E-state index contributed by atoms with van der Waals surface area (Å²) < 4.78 is 26.7. The van der Waals surface area contributed by atoms with E-state index in [1.54, 1.807) is 18.2 Å². The zero-order valence-corrected chi connectivity index (χ0v) is 11.3. The molecule has 2 aromatic heterocycles. The van der Waals surface area contributed by atoms with E-state index < -0.39 is 18.9 Å². The van der Waals surface area contributed by atoms with E-state index >= 15 is 0 Å². The maximum Gasteiger partial charge on any atom is 0.273 e. The Hall–Kier alpha value is -1.76. The van der Waals surface area contributed by atoms with Gasteiger partial charge in [-0.15, -0.1) is 0 Å². The highest BCUT2D eigenvalue weighted by molar-refractivity contribution is 9.10. The molecule has 100 valence electrons. The Kier molecular flexibility index (Phi) is 4.26. The van der Waals surface area contributed by atoms with Crippen LogP contribution in [-0.2, 0) is 6.54 Å². The third-order valence-corrected chi connectivity index (χ3v) is 2.83. The standard InChI is InChI=1S/C12H10BrF2N3O/c13-8-3-4-11(16-6-8)17-12(19)9-2-1-5-18(9)7-10(14)15/h1-6,10H,7H2,(H,16,17,19). The first-order valence-corrected chi connectivity index (χ1v) is 6.22. The summed E-state index contributed by atoms with van der Waals surface area (Å²) in [5.41, 5.74) is 0.171. The first-order chi connectivity index (χ1) is 9.06. The molecule has 0 aromatic carbocycles. The minimum atomic E-state index is -2.51. The SMILES string of the molecule is O=C(Nc1ccc(Br)cn1)c1cccn1CC(F)F. The molecule has 0 spiro atoms. The molecule has 19 heavy (non-hydrogen) atoms. The summed E-state index contributed by atoms with van der Waals surface area (Å²) in [7, 11) is 0. The lowest BCUT2D eigenvalue weighted by molar-refractivity contribution is 0.0997. The average molecular weight is 330 g/mol. The molecule has 0 aliphatic heterocycles. The molecule has 0 aliphatic carbocycles. The molecular formula is C12H10BrF2N3O. The lowest BCUT2D eigenvalue weighted by Crippen LogP contribution is -2.19. The minimum absolute atomic E-state index is 0.171. The highest BCUT2D eigenvalue weighted by Crippen LogP contribution is 2.12. The molecule has 1 N–H and O–H groups in total. The fourth-order valence-electron chi connectivity index (χ4n) is 1.56. The van der Waals surface area contributed by atoms with Crippen molar-refractivity contribution in [3.8, 4) is 0 Å². The van der Waals surface area contributed by atoms with E-state index in [-0.39, 0.29) is 5.69 Å². The van der Waals surface area contributed by atoms with Crippen LogP contribution in [0.25, 0.3) is 0 Å². The Bertz CT molecular complexity index is 569. The van der Waals surface area contributed by atoms with E-state index in [0.717, 1.165) is 4.47 Å². The van der Waals surface area contributed by atoms with Gasteiger partial charge >= 0.3 is 0 Å². The number of hydrogen-bond donors (Lipinski definition) is 1. The summed E-state index contributed by atoms with van der Waals surface area (Å²) in [6, 6.07) is 6.37. The van der Waals surface area contributed by atoms with Crippen LogP contribution in [0.1, 0.15) is 10.5 Å². The number of nitrogens with one attached hydrogen (secondary N) is 1. The van der Waals surface area contributed by atoms with Crippen LogP contribution in [-0.4, -0.2) is 21.9 Å². The van der Waals surface area contributed by atoms with Gasteiger partial charge in [-0.2, -0.15) is 0 Å². The maximum absolute atomic E-state index is 12.3. The first kappa shape index (κ1) is 13.7. The molecule has 4 nitrogen and oxygen atoms in total. The van der Waals surface area contributed by atoms with E-state index in [0.29, 0.717) is 5.82 Å². The predicted octanol–water partition coefficient (Wildman–Crippen LogP) is 3.16. The van der Waals surface area contributed by atoms with Crippen molar-refractivity contribution in [2.24, 2.45) is 0 Å². The highest BCUT2D eigenvalue weighted by atomic mass is 79.9. The van der Waals surface area contributed by atoms with Crippen molar-refractivity contribution in [1.82, 2.24) is 9.55 Å². The van der Waals surface area contributed by atoms with Crippen molar-refractivity contribution < 1.29 is 13.6 Å². The topological polar surface area (TPSA) is 46.9 Å². The van der Waals surface area contributed by atoms with Gasteiger partial charge in [-0.3, -0.25) is 4.79 Å². The number of pyridine rings is 1. The molecule has 0 radical (unpaired) electrons. The molecule has 0 aliphatic rings. The molecule has 7 heteroatoms. The summed E-state index contributed by atoms with van der Waals surface area (Å²) in [6.45, 7) is -0.510. The van der Waals surface area contributed by atoms with E-state index in [1.807, 2.05) is 0 Å². The summed E-state index contributed by atoms with van der Waals surface area (Å²) in [4.78, 5) is 15.9. The van der Waals surface area contributed by atoms with Gasteiger partial charge < -0.3 is 9.88 Å². The quantitative estimate of drug-likeness (QED) is 0.936. The van der Waals surface area contributed by atoms with Crippen molar-refractivity contribution in [3.63, 3.8) is 0 Å². The lowest BCUT2D eigenvalue weighted by atomic mass is 10.4. The highest BCUT2D eigenvalue weighted by Gasteiger charge is 2.14. The van der Waals surface area contributed by atoms with Gasteiger partial charge in [0.2, 0.25) is 0 Å². The number of carbonyl (C=O) groups is 1. The molecule has 2 rings (SSSR count). The van der Waals surface area contributed by atoms with Crippen LogP contribution in [0, 0.1) is 0 Å². The number of halogens is 3. The number of hydrogen-bond acceptors (Lipinski definition) is 2. The van der Waals surface area contributed by atoms with Crippen LogP contribution in [0.2, 0.25) is 0 Å². The maximum atomic E-state index is 12.3. The fourth-order valence-corrected chi connectivity index (χ4v) is 1.79. The van der Waals surface area contributed by atoms with E-state index in [9.17, 15) is 13.6 Å². The second kappa shape index (κ2) is 5.92. The van der Waals surface area contributed by atoms with Crippen molar-refractivity contribution in [1.29, 1.82) is 0 Å². The van der Waals surface area contributed by atoms with Crippen molar-refractivity contribution in [3.05, 3.63) is 46.8 Å². The van der Waals surface area contributed by atoms with E-state index in [1.165, 1.54) is 23.0 Å². The minimum Gasteiger partial charge on any atom is -0.338 e. The van der Waals surface area contributed by atoms with Gasteiger partial charge in [0.25, 0.3) is 12.3 Å². The Morgan fingerprint density at radius 1 is 1.42 bits per heavy atom. The van der Waals surface area contributed by atoms with Gasteiger partial charge in [0.15, 0.2) is 0 Å². The molecule has 1 amide bonds. The zero-order valence-electron chi connectivity index (χ0n) is 9.69. The van der Waals surface area contributed by atoms with Crippen LogP contribution in [0.3, 0.4) is 0 Å². The Morgan fingerprint density at radius 3 is 2.84 bits per heavy atom. The fraction of sp³-hybridized carbons (Fsp3) is 0.167. The lowest BCUT2D eigenvalue weighted by Gasteiger charge is -2.08. The number of amides is 1. The third kappa shape index (κ3) is 3.60. The molecule has 2 heterocycles. The smallest absolute Gasteiger partial charge is 0.273 e. The van der Waals surface area contributed by atoms with Crippen LogP contribution in [0.5, 0.6) is 0 Å². The molecule has 0 saturated heterocycles. The second-order valence-corrected chi connectivity index (χ2v) is 4.67. The number of carbonyl (C=O) groups excluding carboxylic acids is 1. The van der Waals surface area contributed by atoms with Crippen LogP contribution in [0.4, 0.5) is 14.6 Å². The molecular weight excluding hydrogens is 320 g/mol. The monoisotopic (exact) mass is 329 g/mol. The van der Waals surface area contributed by atoms with Gasteiger partial charge in [0, 0.05) is 16.9 Å². The molecule has 0 saturated carbocycles. The summed E-state index contributed by atoms with van der Waals surface area (Å²) in [6.07, 6.45) is 0.467. The van der Waals surface area contributed by atoms with Crippen molar-refractivity contribution in [2.45, 2.75) is 13.0 Å². The van der Waals surface area contributed by atoms with Crippen LogP contribution < -0.4 is 5.32 Å². The number of alkyl halides is 2. The van der Waals surface area contributed by atoms with E-state index in [4.69, 9.17) is 0 Å². The number of nitrogens with zero attached hydrogens (tertiary/aromatic N) is 2. The molecule has 0 atom stereocenters. The van der Waals surface area contributed by atoms with Gasteiger partial charge in [-0.1, -0.05) is 0 Å². The zero-order chi connectivity index (χ0) is 13.8. The summed E-state index contributed by atoms with van der Waals surface area (Å²) in [5.74, 6) is -0.113. The Labute approximate surface area is 116 Å². The second-order valence-electron chi connectivity index (χ2n) is 3.75. The molecule has 0 bridgehead atoms. The van der Waals surface area contributed by atoms with Gasteiger partial charge in [0.1, 0.15) is 11.5 Å². The van der Waals surface area contributed by atoms with Crippen LogP contribution in [0.15, 0.2) is 41.1 Å². The molecule has 0 fully saturated rings. The summed E-state index contributed by atoms with van der Waals surface area (Å²) >= 11 is 3.23. The number of rotatable bonds is 4. The number of aromatic nitrogens is 2. The normalized spacial score (nSPS) is 10.7. The van der Waals surface area contributed by atoms with E-state index in [2.05, 4.69) is 26.2 Å². The largest absolute Gasteiger partial charge is 0.338 e. The molecule has 0 unspecified atom stereocenters. The van der Waals surface area contributed by atoms with Gasteiger partial charge in [0.05, 0.1) is 6.54 Å². The third-order valence-electron chi connectivity index (χ3n) is 2.37. The van der Waals surface area contributed by atoms with Crippen molar-refractivity contribution >= 4 is 27.7 Å². The average Bonchev–Trinajstić information content (AvgIpc) is 2.79. The first-order valence-electron chi connectivity index (χ1n) is 5.42. The number of anilines is 1. The van der Waals surface area contributed by atoms with Crippen molar-refractivity contribution in [2.75, 3.05) is 5.32 Å². The Morgan fingerprint density at radius 2 is 2.21 bits per heavy atom. The molecule has 2 aromatic rings. The van der Waals surface area contributed by atoms with Gasteiger partial charge in [-0.05, 0) is 40.2 Å². The van der Waals surface area contributed by atoms with Gasteiger partial charge in [-0.25, -0.2) is 13.8 Å². The summed E-state index contributed by atoms with van der Waals surface area (Å²) in [5, 5.41) is 2.55. The Balaban J connectivity index is 2.11.